The van der Waals surface area contributed by atoms with Crippen molar-refractivity contribution in [1.29, 1.82) is 0 Å². The van der Waals surface area contributed by atoms with Crippen molar-refractivity contribution in [2.45, 2.75) is 52.6 Å². The van der Waals surface area contributed by atoms with Crippen LogP contribution in [0.2, 0.25) is 0 Å². The lowest BCUT2D eigenvalue weighted by Gasteiger charge is -2.37. The fourth-order valence-corrected chi connectivity index (χ4v) is 3.60. The molecule has 0 spiro atoms. The number of likely N-dealkylation sites (tertiary alicyclic amines) is 1. The quantitative estimate of drug-likeness (QED) is 0.815. The van der Waals surface area contributed by atoms with Crippen molar-refractivity contribution in [3.63, 3.8) is 0 Å². The van der Waals surface area contributed by atoms with Crippen LogP contribution in [-0.4, -0.2) is 36.0 Å². The molecule has 144 valence electrons. The van der Waals surface area contributed by atoms with E-state index in [0.717, 1.165) is 31.5 Å². The summed E-state index contributed by atoms with van der Waals surface area (Å²) in [4.78, 5) is 27.0. The second kappa shape index (κ2) is 9.55. The Morgan fingerprint density at radius 3 is 2.38 bits per heavy atom. The predicted octanol–water partition coefficient (Wildman–Crippen LogP) is 3.30. The van der Waals surface area contributed by atoms with Crippen LogP contribution in [0.4, 0.5) is 9.18 Å². The van der Waals surface area contributed by atoms with E-state index >= 15 is 0 Å². The Labute approximate surface area is 155 Å². The molecule has 1 heterocycles. The van der Waals surface area contributed by atoms with Gasteiger partial charge in [-0.3, -0.25) is 4.79 Å². The van der Waals surface area contributed by atoms with Gasteiger partial charge in [0, 0.05) is 19.6 Å². The summed E-state index contributed by atoms with van der Waals surface area (Å²) in [5.41, 5.74) is 0.804. The minimum atomic E-state index is -0.509. The SMILES string of the molecule is CCCC(NC(=O)NCc1ccc(F)cc1)C(=O)N1CC(C)CC(C)C1. The minimum absolute atomic E-state index is 0.00202. The highest BCUT2D eigenvalue weighted by molar-refractivity contribution is 5.87. The molecule has 26 heavy (non-hydrogen) atoms. The van der Waals surface area contributed by atoms with Crippen molar-refractivity contribution >= 4 is 11.9 Å². The number of amides is 3. The smallest absolute Gasteiger partial charge is 0.315 e. The Balaban J connectivity index is 1.90. The zero-order valence-electron chi connectivity index (χ0n) is 15.9. The van der Waals surface area contributed by atoms with Gasteiger partial charge in [0.25, 0.3) is 0 Å². The van der Waals surface area contributed by atoms with Gasteiger partial charge in [0.05, 0.1) is 0 Å². The van der Waals surface area contributed by atoms with Gasteiger partial charge in [0.2, 0.25) is 5.91 Å². The predicted molar refractivity (Wildman–Crippen MR) is 100.0 cm³/mol. The molecule has 3 amide bonds. The fourth-order valence-electron chi connectivity index (χ4n) is 3.60. The molecule has 3 unspecified atom stereocenters. The first-order valence-electron chi connectivity index (χ1n) is 9.46. The number of nitrogens with one attached hydrogen (secondary N) is 2. The van der Waals surface area contributed by atoms with Gasteiger partial charge in [-0.25, -0.2) is 9.18 Å². The van der Waals surface area contributed by atoms with Gasteiger partial charge >= 0.3 is 6.03 Å². The summed E-state index contributed by atoms with van der Waals surface area (Å²) < 4.78 is 12.9. The highest BCUT2D eigenvalue weighted by Crippen LogP contribution is 2.22. The average Bonchev–Trinajstić information content (AvgIpc) is 2.59. The summed E-state index contributed by atoms with van der Waals surface area (Å²) in [6.07, 6.45) is 2.56. The molecule has 5 nitrogen and oxygen atoms in total. The molecule has 3 atom stereocenters. The first-order chi connectivity index (χ1) is 12.4. The molecule has 1 fully saturated rings. The van der Waals surface area contributed by atoms with Crippen molar-refractivity contribution in [2.24, 2.45) is 11.8 Å². The van der Waals surface area contributed by atoms with Gasteiger partial charge in [-0.1, -0.05) is 39.3 Å². The number of rotatable bonds is 6. The Hall–Kier alpha value is -2.11. The number of piperidine rings is 1. The minimum Gasteiger partial charge on any atom is -0.340 e. The molecule has 1 aromatic carbocycles. The molecule has 1 saturated heterocycles. The van der Waals surface area contributed by atoms with Gasteiger partial charge in [0.1, 0.15) is 11.9 Å². The number of urea groups is 1. The van der Waals surface area contributed by atoms with Gasteiger partial charge < -0.3 is 15.5 Å². The van der Waals surface area contributed by atoms with Crippen molar-refractivity contribution in [3.05, 3.63) is 35.6 Å². The molecule has 0 radical (unpaired) electrons. The molecule has 2 rings (SSSR count). The third kappa shape index (κ3) is 6.00. The monoisotopic (exact) mass is 363 g/mol. The molecule has 1 aliphatic heterocycles. The van der Waals surface area contributed by atoms with Gasteiger partial charge in [-0.2, -0.15) is 0 Å². The first kappa shape index (κ1) is 20.2. The van der Waals surface area contributed by atoms with Gasteiger partial charge in [-0.05, 0) is 42.4 Å². The van der Waals surface area contributed by atoms with Crippen LogP contribution in [0.1, 0.15) is 45.6 Å². The summed E-state index contributed by atoms with van der Waals surface area (Å²) in [5, 5.41) is 5.55. The summed E-state index contributed by atoms with van der Waals surface area (Å²) in [5.74, 6) is 0.661. The molecule has 1 aliphatic rings. The number of halogens is 1. The maximum atomic E-state index is 12.9. The van der Waals surface area contributed by atoms with E-state index in [2.05, 4.69) is 24.5 Å². The fraction of sp³-hybridized carbons (Fsp3) is 0.600. The molecule has 1 aromatic rings. The Kier molecular flexibility index (Phi) is 7.42. The van der Waals surface area contributed by atoms with Gasteiger partial charge in [-0.15, -0.1) is 0 Å². The lowest BCUT2D eigenvalue weighted by atomic mass is 9.91. The maximum absolute atomic E-state index is 12.9. The van der Waals surface area contributed by atoms with E-state index < -0.39 is 6.04 Å². The number of carbonyl (C=O) groups is 2. The van der Waals surface area contributed by atoms with E-state index in [9.17, 15) is 14.0 Å². The van der Waals surface area contributed by atoms with Crippen molar-refractivity contribution in [2.75, 3.05) is 13.1 Å². The van der Waals surface area contributed by atoms with Gasteiger partial charge in [0.15, 0.2) is 0 Å². The second-order valence-electron chi connectivity index (χ2n) is 7.48. The van der Waals surface area contributed by atoms with Crippen LogP contribution in [0, 0.1) is 17.7 Å². The highest BCUT2D eigenvalue weighted by atomic mass is 19.1. The number of nitrogens with zero attached hydrogens (tertiary/aromatic N) is 1. The van der Waals surface area contributed by atoms with Crippen LogP contribution in [0.3, 0.4) is 0 Å². The van der Waals surface area contributed by atoms with E-state index in [1.807, 2.05) is 11.8 Å². The van der Waals surface area contributed by atoms with Crippen LogP contribution in [0.5, 0.6) is 0 Å². The number of hydrogen-bond donors (Lipinski definition) is 2. The molecule has 2 N–H and O–H groups in total. The lowest BCUT2D eigenvalue weighted by Crippen LogP contribution is -2.54. The number of carbonyl (C=O) groups excluding carboxylic acids is 2. The molecule has 0 aliphatic carbocycles. The standard InChI is InChI=1S/C20H30FN3O2/c1-4-5-18(19(25)24-12-14(2)10-15(3)13-24)23-20(26)22-11-16-6-8-17(21)9-7-16/h6-9,14-15,18H,4-5,10-13H2,1-3H3,(H2,22,23,26). The van der Waals surface area contributed by atoms with E-state index in [1.54, 1.807) is 12.1 Å². The second-order valence-corrected chi connectivity index (χ2v) is 7.48. The molecular weight excluding hydrogens is 333 g/mol. The number of benzene rings is 1. The molecule has 0 saturated carbocycles. The zero-order chi connectivity index (χ0) is 19.1. The van der Waals surface area contributed by atoms with Crippen LogP contribution < -0.4 is 10.6 Å². The number of hydrogen-bond acceptors (Lipinski definition) is 2. The van der Waals surface area contributed by atoms with E-state index in [0.29, 0.717) is 18.3 Å². The highest BCUT2D eigenvalue weighted by Gasteiger charge is 2.30. The normalized spacial score (nSPS) is 21.2. The third-order valence-electron chi connectivity index (χ3n) is 4.73. The third-order valence-corrected chi connectivity index (χ3v) is 4.73. The molecule has 0 bridgehead atoms. The Morgan fingerprint density at radius 2 is 1.81 bits per heavy atom. The summed E-state index contributed by atoms with van der Waals surface area (Å²) in [6, 6.07) is 5.08. The van der Waals surface area contributed by atoms with E-state index in [-0.39, 0.29) is 24.3 Å². The van der Waals surface area contributed by atoms with E-state index in [1.165, 1.54) is 12.1 Å². The largest absolute Gasteiger partial charge is 0.340 e. The molecule has 6 heteroatoms. The average molecular weight is 363 g/mol. The first-order valence-corrected chi connectivity index (χ1v) is 9.46. The summed E-state index contributed by atoms with van der Waals surface area (Å²) >= 11 is 0. The van der Waals surface area contributed by atoms with Crippen molar-refractivity contribution < 1.29 is 14.0 Å². The maximum Gasteiger partial charge on any atom is 0.315 e. The molecular formula is C20H30FN3O2. The van der Waals surface area contributed by atoms with Crippen LogP contribution in [0.15, 0.2) is 24.3 Å². The lowest BCUT2D eigenvalue weighted by molar-refractivity contribution is -0.136. The zero-order valence-corrected chi connectivity index (χ0v) is 15.9. The van der Waals surface area contributed by atoms with Crippen LogP contribution >= 0.6 is 0 Å². The summed E-state index contributed by atoms with van der Waals surface area (Å²) in [6.45, 7) is 8.11. The van der Waals surface area contributed by atoms with Crippen LogP contribution in [-0.2, 0) is 11.3 Å². The Morgan fingerprint density at radius 1 is 1.19 bits per heavy atom. The molecule has 0 aromatic heterocycles. The van der Waals surface area contributed by atoms with E-state index in [4.69, 9.17) is 0 Å². The Bertz CT molecular complexity index is 596. The van der Waals surface area contributed by atoms with Crippen LogP contribution in [0.25, 0.3) is 0 Å². The van der Waals surface area contributed by atoms with Crippen molar-refractivity contribution in [3.8, 4) is 0 Å². The summed E-state index contributed by atoms with van der Waals surface area (Å²) in [7, 11) is 0. The van der Waals surface area contributed by atoms with Crippen molar-refractivity contribution in [1.82, 2.24) is 15.5 Å². The topological polar surface area (TPSA) is 61.4 Å².